The van der Waals surface area contributed by atoms with Crippen molar-refractivity contribution >= 4 is 5.90 Å². The smallest absolute Gasteiger partial charge is 0.416 e. The van der Waals surface area contributed by atoms with Crippen LogP contribution in [0.3, 0.4) is 0 Å². The van der Waals surface area contributed by atoms with Gasteiger partial charge in [-0.3, -0.25) is 4.84 Å². The van der Waals surface area contributed by atoms with Gasteiger partial charge in [0.2, 0.25) is 5.90 Å². The van der Waals surface area contributed by atoms with Crippen LogP contribution < -0.4 is 0 Å². The van der Waals surface area contributed by atoms with E-state index < -0.39 is 17.3 Å². The Morgan fingerprint density at radius 3 is 2.08 bits per heavy atom. The van der Waals surface area contributed by atoms with E-state index in [1.54, 1.807) is 5.06 Å². The average Bonchev–Trinajstić information content (AvgIpc) is 2.83. The average molecular weight is 370 g/mol. The van der Waals surface area contributed by atoms with Crippen LogP contribution in [0.4, 0.5) is 13.2 Å². The summed E-state index contributed by atoms with van der Waals surface area (Å²) in [6.45, 7) is 12.2. The van der Waals surface area contributed by atoms with E-state index in [0.29, 0.717) is 12.5 Å². The molecule has 0 amide bonds. The summed E-state index contributed by atoms with van der Waals surface area (Å²) >= 11 is 0. The van der Waals surface area contributed by atoms with Gasteiger partial charge in [0.15, 0.2) is 5.60 Å². The lowest BCUT2D eigenvalue weighted by molar-refractivity contribution is -0.399. The molecular formula is C19H25F3N2O2. The maximum atomic E-state index is 12.9. The van der Waals surface area contributed by atoms with Gasteiger partial charge in [-0.15, -0.1) is 0 Å². The first kappa shape index (κ1) is 19.2. The van der Waals surface area contributed by atoms with Gasteiger partial charge in [0.05, 0.1) is 11.1 Å². The summed E-state index contributed by atoms with van der Waals surface area (Å²) in [7, 11) is 0. The number of alkyl halides is 3. The summed E-state index contributed by atoms with van der Waals surface area (Å²) in [6.07, 6.45) is -4.36. The van der Waals surface area contributed by atoms with E-state index in [2.05, 4.69) is 4.99 Å². The minimum Gasteiger partial charge on any atom is -0.476 e. The fourth-order valence-corrected chi connectivity index (χ4v) is 3.31. The van der Waals surface area contributed by atoms with Crippen LogP contribution in [0, 0.1) is 0 Å². The quantitative estimate of drug-likeness (QED) is 0.753. The van der Waals surface area contributed by atoms with Crippen LogP contribution in [0.1, 0.15) is 58.7 Å². The largest absolute Gasteiger partial charge is 0.476 e. The van der Waals surface area contributed by atoms with E-state index in [0.717, 1.165) is 17.7 Å². The third kappa shape index (κ3) is 3.22. The molecule has 7 heteroatoms. The van der Waals surface area contributed by atoms with Gasteiger partial charge in [0.25, 0.3) is 0 Å². The first-order valence-electron chi connectivity index (χ1n) is 8.63. The molecule has 2 aliphatic heterocycles. The van der Waals surface area contributed by atoms with Crippen molar-refractivity contribution in [2.75, 3.05) is 6.61 Å². The number of hydrogen-bond acceptors (Lipinski definition) is 4. The number of aliphatic imine (C=N–C) groups is 1. The van der Waals surface area contributed by atoms with Crippen molar-refractivity contribution in [3.63, 3.8) is 0 Å². The van der Waals surface area contributed by atoms with E-state index in [4.69, 9.17) is 9.57 Å². The molecule has 0 radical (unpaired) electrons. The molecule has 0 spiro atoms. The van der Waals surface area contributed by atoms with Gasteiger partial charge in [-0.05, 0) is 59.2 Å². The van der Waals surface area contributed by atoms with Crippen LogP contribution >= 0.6 is 0 Å². The Bertz CT molecular complexity index is 720. The lowest BCUT2D eigenvalue weighted by Crippen LogP contribution is -2.68. The van der Waals surface area contributed by atoms with Gasteiger partial charge >= 0.3 is 6.18 Å². The molecule has 2 aliphatic rings. The minimum atomic E-state index is -4.36. The monoisotopic (exact) mass is 370 g/mol. The number of halogens is 3. The molecule has 144 valence electrons. The Morgan fingerprint density at radius 2 is 1.65 bits per heavy atom. The Labute approximate surface area is 151 Å². The molecule has 0 unspecified atom stereocenters. The molecule has 26 heavy (non-hydrogen) atoms. The van der Waals surface area contributed by atoms with Gasteiger partial charge in [0.1, 0.15) is 12.6 Å². The maximum absolute atomic E-state index is 12.9. The number of hydroxylamine groups is 2. The lowest BCUT2D eigenvalue weighted by atomic mass is 9.83. The summed E-state index contributed by atoms with van der Waals surface area (Å²) in [4.78, 5) is 10.7. The molecule has 1 fully saturated rings. The van der Waals surface area contributed by atoms with Crippen molar-refractivity contribution < 1.29 is 22.7 Å². The van der Waals surface area contributed by atoms with Crippen LogP contribution in [0.25, 0.3) is 0 Å². The Kier molecular flexibility index (Phi) is 4.20. The standard InChI is InChI=1S/C19H25F3N2O2/c1-16(2,3)24-14(12-7-9-13(10-8-12)19(20,21)22)18(6,26-24)15-23-17(4,5)11-25-15/h7-10,14H,11H2,1-6H3/t14-,18+/m0/s1. The van der Waals surface area contributed by atoms with Gasteiger partial charge in [-0.1, -0.05) is 12.1 Å². The third-order valence-corrected chi connectivity index (χ3v) is 4.65. The van der Waals surface area contributed by atoms with E-state index in [9.17, 15) is 13.2 Å². The highest BCUT2D eigenvalue weighted by molar-refractivity contribution is 5.88. The molecule has 0 saturated carbocycles. The summed E-state index contributed by atoms with van der Waals surface area (Å²) in [5.74, 6) is 0.493. The minimum absolute atomic E-state index is 0.294. The van der Waals surface area contributed by atoms with Crippen LogP contribution in [0.15, 0.2) is 29.3 Å². The Hall–Kier alpha value is -1.60. The normalized spacial score (nSPS) is 29.1. The molecule has 2 atom stereocenters. The molecule has 1 aromatic carbocycles. The Balaban J connectivity index is 1.98. The molecule has 0 aromatic heterocycles. The molecular weight excluding hydrogens is 345 g/mol. The highest BCUT2D eigenvalue weighted by Gasteiger charge is 2.61. The van der Waals surface area contributed by atoms with Crippen molar-refractivity contribution in [3.8, 4) is 0 Å². The Morgan fingerprint density at radius 1 is 1.08 bits per heavy atom. The third-order valence-electron chi connectivity index (χ3n) is 4.65. The predicted octanol–water partition coefficient (Wildman–Crippen LogP) is 4.76. The summed E-state index contributed by atoms with van der Waals surface area (Å²) < 4.78 is 44.5. The van der Waals surface area contributed by atoms with Gasteiger partial charge in [-0.25, -0.2) is 4.99 Å². The van der Waals surface area contributed by atoms with Crippen LogP contribution in [-0.2, 0) is 15.8 Å². The second-order valence-electron chi connectivity index (χ2n) is 8.74. The van der Waals surface area contributed by atoms with Crippen LogP contribution in [-0.4, -0.2) is 34.2 Å². The molecule has 1 saturated heterocycles. The molecule has 0 aliphatic carbocycles. The second kappa shape index (κ2) is 5.70. The highest BCUT2D eigenvalue weighted by atomic mass is 19.4. The number of hydrogen-bond donors (Lipinski definition) is 0. The second-order valence-corrected chi connectivity index (χ2v) is 8.74. The molecule has 2 heterocycles. The molecule has 3 rings (SSSR count). The summed E-state index contributed by atoms with van der Waals surface area (Å²) in [5.41, 5.74) is -1.45. The predicted molar refractivity (Wildman–Crippen MR) is 92.7 cm³/mol. The number of rotatable bonds is 2. The number of nitrogens with zero attached hydrogens (tertiary/aromatic N) is 2. The fraction of sp³-hybridized carbons (Fsp3) is 0.632. The zero-order chi connectivity index (χ0) is 19.5. The van der Waals surface area contributed by atoms with Crippen LogP contribution in [0.5, 0.6) is 0 Å². The zero-order valence-electron chi connectivity index (χ0n) is 15.9. The van der Waals surface area contributed by atoms with E-state index >= 15 is 0 Å². The highest BCUT2D eigenvalue weighted by Crippen LogP contribution is 2.51. The first-order chi connectivity index (χ1) is 11.7. The molecule has 0 N–H and O–H groups in total. The van der Waals surface area contributed by atoms with E-state index in [1.165, 1.54) is 12.1 Å². The molecule has 0 bridgehead atoms. The van der Waals surface area contributed by atoms with Gasteiger partial charge in [-0.2, -0.15) is 18.2 Å². The first-order valence-corrected chi connectivity index (χ1v) is 8.63. The zero-order valence-corrected chi connectivity index (χ0v) is 15.9. The molecule has 4 nitrogen and oxygen atoms in total. The lowest BCUT2D eigenvalue weighted by Gasteiger charge is -2.58. The maximum Gasteiger partial charge on any atom is 0.416 e. The fourth-order valence-electron chi connectivity index (χ4n) is 3.31. The number of benzene rings is 1. The van der Waals surface area contributed by atoms with Crippen molar-refractivity contribution in [3.05, 3.63) is 35.4 Å². The van der Waals surface area contributed by atoms with E-state index in [-0.39, 0.29) is 17.1 Å². The van der Waals surface area contributed by atoms with E-state index in [1.807, 2.05) is 41.5 Å². The van der Waals surface area contributed by atoms with Crippen molar-refractivity contribution in [2.24, 2.45) is 4.99 Å². The van der Waals surface area contributed by atoms with Crippen molar-refractivity contribution in [2.45, 2.75) is 70.4 Å². The molecule has 1 aromatic rings. The summed E-state index contributed by atoms with van der Waals surface area (Å²) in [6, 6.07) is 4.94. The van der Waals surface area contributed by atoms with Crippen LogP contribution in [0.2, 0.25) is 0 Å². The van der Waals surface area contributed by atoms with Gasteiger partial charge < -0.3 is 4.74 Å². The summed E-state index contributed by atoms with van der Waals surface area (Å²) in [5, 5.41) is 1.80. The number of ether oxygens (including phenoxy) is 1. The topological polar surface area (TPSA) is 34.1 Å². The van der Waals surface area contributed by atoms with Gasteiger partial charge in [0, 0.05) is 5.54 Å². The SMILES string of the molecule is CC1(C)COC([C@]2(C)ON(C(C)(C)C)[C@H]2c2ccc(C(F)(F)F)cc2)=N1. The van der Waals surface area contributed by atoms with Crippen molar-refractivity contribution in [1.29, 1.82) is 0 Å². The van der Waals surface area contributed by atoms with Crippen molar-refractivity contribution in [1.82, 2.24) is 5.06 Å².